The van der Waals surface area contributed by atoms with Crippen LogP contribution >= 0.6 is 0 Å². The molecule has 0 aliphatic rings. The number of nitrogens with one attached hydrogen (secondary N) is 1. The number of sulfonamides is 1. The highest BCUT2D eigenvalue weighted by Crippen LogP contribution is 2.19. The highest BCUT2D eigenvalue weighted by atomic mass is 32.2. The van der Waals surface area contributed by atoms with Crippen LogP contribution < -0.4 is 13.8 Å². The van der Waals surface area contributed by atoms with E-state index >= 15 is 0 Å². The Hall–Kier alpha value is -3.37. The summed E-state index contributed by atoms with van der Waals surface area (Å²) in [5.41, 5.74) is 1.47. The predicted octanol–water partition coefficient (Wildman–Crippen LogP) is 3.08. The maximum absolute atomic E-state index is 12.3. The highest BCUT2D eigenvalue weighted by molar-refractivity contribution is 7.89. The SMILES string of the molecule is COc1ccc(S(=O)(=O)N/N=C/c2ccc(OS(=O)(=O)c3ccc(C)cc3)cc2)cc1. The number of benzene rings is 3. The van der Waals surface area contributed by atoms with Gasteiger partial charge in [-0.05, 0) is 73.2 Å². The second kappa shape index (κ2) is 9.19. The summed E-state index contributed by atoms with van der Waals surface area (Å²) in [7, 11) is -6.29. The molecule has 1 N–H and O–H groups in total. The molecular formula is C21H20N2O6S2. The molecule has 3 aromatic carbocycles. The Labute approximate surface area is 181 Å². The molecule has 0 bridgehead atoms. The van der Waals surface area contributed by atoms with Crippen molar-refractivity contribution in [3.63, 3.8) is 0 Å². The number of nitrogens with zero attached hydrogens (tertiary/aromatic N) is 1. The third kappa shape index (κ3) is 5.83. The fraction of sp³-hybridized carbons (Fsp3) is 0.0952. The number of rotatable bonds is 8. The first-order valence-electron chi connectivity index (χ1n) is 9.00. The monoisotopic (exact) mass is 460 g/mol. The van der Waals surface area contributed by atoms with Gasteiger partial charge in [0.1, 0.15) is 16.4 Å². The summed E-state index contributed by atoms with van der Waals surface area (Å²) in [4.78, 5) is 2.20. The summed E-state index contributed by atoms with van der Waals surface area (Å²) in [6.45, 7) is 1.86. The van der Waals surface area contributed by atoms with E-state index in [0.29, 0.717) is 11.3 Å². The van der Waals surface area contributed by atoms with Crippen LogP contribution in [0.25, 0.3) is 0 Å². The van der Waals surface area contributed by atoms with Crippen LogP contribution in [0.3, 0.4) is 0 Å². The summed E-state index contributed by atoms with van der Waals surface area (Å²) < 4.78 is 59.2. The molecule has 0 aliphatic heterocycles. The quantitative estimate of drug-likeness (QED) is 0.314. The smallest absolute Gasteiger partial charge is 0.339 e. The fourth-order valence-electron chi connectivity index (χ4n) is 2.47. The second-order valence-corrected chi connectivity index (χ2v) is 9.66. The third-order valence-corrected chi connectivity index (χ3v) is 6.65. The van der Waals surface area contributed by atoms with Gasteiger partial charge in [0, 0.05) is 0 Å². The maximum atomic E-state index is 12.3. The van der Waals surface area contributed by atoms with Gasteiger partial charge in [0.25, 0.3) is 10.0 Å². The lowest BCUT2D eigenvalue weighted by molar-refractivity contribution is 0.414. The Balaban J connectivity index is 1.64. The van der Waals surface area contributed by atoms with Crippen molar-refractivity contribution in [3.8, 4) is 11.5 Å². The first kappa shape index (κ1) is 22.3. The number of hydrogen-bond acceptors (Lipinski definition) is 7. The molecular weight excluding hydrogens is 440 g/mol. The Morgan fingerprint density at radius 2 is 1.32 bits per heavy atom. The zero-order valence-electron chi connectivity index (χ0n) is 16.7. The van der Waals surface area contributed by atoms with E-state index in [1.165, 1.54) is 61.9 Å². The molecule has 0 spiro atoms. The minimum absolute atomic E-state index is 0.0375. The molecule has 0 fully saturated rings. The van der Waals surface area contributed by atoms with E-state index in [4.69, 9.17) is 8.92 Å². The van der Waals surface area contributed by atoms with Crippen LogP contribution in [0.1, 0.15) is 11.1 Å². The number of hydrogen-bond donors (Lipinski definition) is 1. The van der Waals surface area contributed by atoms with Crippen LogP contribution in [0, 0.1) is 6.92 Å². The zero-order valence-corrected chi connectivity index (χ0v) is 18.4. The van der Waals surface area contributed by atoms with Gasteiger partial charge in [-0.2, -0.15) is 21.9 Å². The van der Waals surface area contributed by atoms with Crippen LogP contribution in [0.4, 0.5) is 0 Å². The molecule has 0 atom stereocenters. The largest absolute Gasteiger partial charge is 0.497 e. The predicted molar refractivity (Wildman–Crippen MR) is 116 cm³/mol. The van der Waals surface area contributed by atoms with Crippen molar-refractivity contribution in [2.75, 3.05) is 7.11 Å². The third-order valence-electron chi connectivity index (χ3n) is 4.15. The standard InChI is InChI=1S/C21H20N2O6S2/c1-16-3-11-21(12-4-16)31(26,27)29-19-7-5-17(6-8-19)15-22-23-30(24,25)20-13-9-18(28-2)10-14-20/h3-15,23H,1-2H3/b22-15+. The molecule has 0 aromatic heterocycles. The first-order chi connectivity index (χ1) is 14.7. The molecule has 162 valence electrons. The van der Waals surface area contributed by atoms with Gasteiger partial charge in [-0.3, -0.25) is 0 Å². The molecule has 10 heteroatoms. The molecule has 0 unspecified atom stereocenters. The van der Waals surface area contributed by atoms with Gasteiger partial charge in [0.2, 0.25) is 0 Å². The maximum Gasteiger partial charge on any atom is 0.339 e. The van der Waals surface area contributed by atoms with Gasteiger partial charge >= 0.3 is 10.1 Å². The molecule has 8 nitrogen and oxygen atoms in total. The van der Waals surface area contributed by atoms with Crippen LogP contribution in [0.15, 0.2) is 87.7 Å². The topological polar surface area (TPSA) is 111 Å². The number of methoxy groups -OCH3 is 1. The van der Waals surface area contributed by atoms with E-state index in [0.717, 1.165) is 5.56 Å². The summed E-state index contributed by atoms with van der Waals surface area (Å²) >= 11 is 0. The van der Waals surface area contributed by atoms with Gasteiger partial charge in [-0.1, -0.05) is 17.7 Å². The van der Waals surface area contributed by atoms with Crippen LogP contribution in [-0.2, 0) is 20.1 Å². The Kier molecular flexibility index (Phi) is 6.62. The van der Waals surface area contributed by atoms with Crippen molar-refractivity contribution < 1.29 is 25.8 Å². The zero-order chi connectivity index (χ0) is 22.5. The Morgan fingerprint density at radius 3 is 1.90 bits per heavy atom. The minimum atomic E-state index is -3.95. The average Bonchev–Trinajstić information content (AvgIpc) is 2.75. The van der Waals surface area contributed by atoms with E-state index in [-0.39, 0.29) is 15.5 Å². The van der Waals surface area contributed by atoms with E-state index < -0.39 is 20.1 Å². The van der Waals surface area contributed by atoms with Crippen molar-refractivity contribution in [1.82, 2.24) is 4.83 Å². The molecule has 0 aliphatic carbocycles. The Bertz CT molecular complexity index is 1270. The van der Waals surface area contributed by atoms with Gasteiger partial charge in [0.05, 0.1) is 18.2 Å². The highest BCUT2D eigenvalue weighted by Gasteiger charge is 2.16. The first-order valence-corrected chi connectivity index (χ1v) is 11.9. The molecule has 0 saturated carbocycles. The van der Waals surface area contributed by atoms with Crippen molar-refractivity contribution in [2.45, 2.75) is 16.7 Å². The molecule has 3 aromatic rings. The van der Waals surface area contributed by atoms with E-state index in [2.05, 4.69) is 9.93 Å². The normalized spacial score (nSPS) is 11.9. The second-order valence-electron chi connectivity index (χ2n) is 6.45. The lowest BCUT2D eigenvalue weighted by Gasteiger charge is -2.07. The Morgan fingerprint density at radius 1 is 0.774 bits per heavy atom. The number of aryl methyl sites for hydroxylation is 1. The minimum Gasteiger partial charge on any atom is -0.497 e. The van der Waals surface area contributed by atoms with Gasteiger partial charge in [0.15, 0.2) is 0 Å². The van der Waals surface area contributed by atoms with Gasteiger partial charge < -0.3 is 8.92 Å². The number of hydrazone groups is 1. The summed E-state index contributed by atoms with van der Waals surface area (Å²) in [5.74, 6) is 0.658. The van der Waals surface area contributed by atoms with Crippen LogP contribution in [0.5, 0.6) is 11.5 Å². The lowest BCUT2D eigenvalue weighted by Crippen LogP contribution is -2.18. The van der Waals surface area contributed by atoms with Crippen LogP contribution in [0.2, 0.25) is 0 Å². The van der Waals surface area contributed by atoms with Crippen molar-refractivity contribution in [2.24, 2.45) is 5.10 Å². The lowest BCUT2D eigenvalue weighted by atomic mass is 10.2. The van der Waals surface area contributed by atoms with E-state index in [1.54, 1.807) is 24.3 Å². The fourth-order valence-corrected chi connectivity index (χ4v) is 4.19. The molecule has 3 rings (SSSR count). The molecule has 0 saturated heterocycles. The van der Waals surface area contributed by atoms with Crippen molar-refractivity contribution in [1.29, 1.82) is 0 Å². The summed E-state index contributed by atoms with van der Waals surface area (Å²) in [6.07, 6.45) is 1.29. The number of ether oxygens (including phenoxy) is 1. The molecule has 0 radical (unpaired) electrons. The summed E-state index contributed by atoms with van der Waals surface area (Å²) in [5, 5.41) is 3.74. The van der Waals surface area contributed by atoms with E-state index in [9.17, 15) is 16.8 Å². The molecule has 0 amide bonds. The molecule has 0 heterocycles. The van der Waals surface area contributed by atoms with Crippen LogP contribution in [-0.4, -0.2) is 30.2 Å². The van der Waals surface area contributed by atoms with E-state index in [1.807, 2.05) is 6.92 Å². The average molecular weight is 461 g/mol. The van der Waals surface area contributed by atoms with Gasteiger partial charge in [-0.25, -0.2) is 4.83 Å². The molecule has 31 heavy (non-hydrogen) atoms. The summed E-state index contributed by atoms with van der Waals surface area (Å²) in [6, 6.07) is 18.2. The van der Waals surface area contributed by atoms with Gasteiger partial charge in [-0.15, -0.1) is 0 Å². The van der Waals surface area contributed by atoms with Crippen molar-refractivity contribution in [3.05, 3.63) is 83.9 Å². The van der Waals surface area contributed by atoms with Crippen molar-refractivity contribution >= 4 is 26.4 Å².